The zero-order chi connectivity index (χ0) is 16.5. The number of rotatable bonds is 4. The number of ether oxygens (including phenoxy) is 1. The molecule has 3 aromatic rings. The van der Waals surface area contributed by atoms with Gasteiger partial charge < -0.3 is 14.4 Å². The van der Waals surface area contributed by atoms with Gasteiger partial charge in [-0.3, -0.25) is 4.90 Å². The highest BCUT2D eigenvalue weighted by molar-refractivity contribution is 14.1. The lowest BCUT2D eigenvalue weighted by molar-refractivity contribution is 0.0119. The van der Waals surface area contributed by atoms with Crippen LogP contribution in [0.4, 0.5) is 0 Å². The van der Waals surface area contributed by atoms with E-state index in [1.807, 2.05) is 0 Å². The molecule has 4 nitrogen and oxygen atoms in total. The van der Waals surface area contributed by atoms with Crippen LogP contribution < -0.4 is 0 Å². The molecule has 0 saturated carbocycles. The summed E-state index contributed by atoms with van der Waals surface area (Å²) in [5.74, 6) is 0. The summed E-state index contributed by atoms with van der Waals surface area (Å²) < 4.78 is 8.87. The van der Waals surface area contributed by atoms with Gasteiger partial charge in [0.2, 0.25) is 0 Å². The molecule has 24 heavy (non-hydrogen) atoms. The van der Waals surface area contributed by atoms with Crippen LogP contribution >= 0.6 is 22.6 Å². The second-order valence-electron chi connectivity index (χ2n) is 6.36. The minimum Gasteiger partial charge on any atom is -0.390 e. The number of para-hydroxylation sites is 1. The average molecular weight is 436 g/mol. The normalized spacial score (nSPS) is 17.6. The van der Waals surface area contributed by atoms with E-state index in [9.17, 15) is 5.11 Å². The number of aliphatic hydroxyl groups is 1. The van der Waals surface area contributed by atoms with Gasteiger partial charge in [0.25, 0.3) is 0 Å². The van der Waals surface area contributed by atoms with Crippen molar-refractivity contribution in [2.24, 2.45) is 0 Å². The summed E-state index contributed by atoms with van der Waals surface area (Å²) in [6.45, 7) is 4.65. The van der Waals surface area contributed by atoms with E-state index in [0.29, 0.717) is 13.1 Å². The van der Waals surface area contributed by atoms with E-state index >= 15 is 0 Å². The molecule has 0 bridgehead atoms. The Kier molecular flexibility index (Phi) is 4.76. The molecule has 1 atom stereocenters. The monoisotopic (exact) mass is 436 g/mol. The van der Waals surface area contributed by atoms with Crippen molar-refractivity contribution in [2.45, 2.75) is 12.6 Å². The molecule has 1 aliphatic heterocycles. The lowest BCUT2D eigenvalue weighted by Gasteiger charge is -2.28. The minimum atomic E-state index is -0.388. The third-order valence-electron chi connectivity index (χ3n) is 4.70. The molecule has 0 amide bonds. The van der Waals surface area contributed by atoms with Crippen molar-refractivity contribution in [1.82, 2.24) is 9.47 Å². The van der Waals surface area contributed by atoms with E-state index in [-0.39, 0.29) is 6.10 Å². The molecule has 5 heteroatoms. The van der Waals surface area contributed by atoms with Crippen LogP contribution in [0.3, 0.4) is 0 Å². The predicted molar refractivity (Wildman–Crippen MR) is 105 cm³/mol. The molecule has 1 N–H and O–H groups in total. The van der Waals surface area contributed by atoms with E-state index in [1.165, 1.54) is 25.4 Å². The van der Waals surface area contributed by atoms with Crippen LogP contribution in [0.2, 0.25) is 0 Å². The first kappa shape index (κ1) is 16.3. The molecule has 0 radical (unpaired) electrons. The number of halogens is 1. The Balaban J connectivity index is 1.67. The second-order valence-corrected chi connectivity index (χ2v) is 7.60. The number of hydrogen-bond donors (Lipinski definition) is 1. The van der Waals surface area contributed by atoms with Gasteiger partial charge in [-0.25, -0.2) is 0 Å². The summed E-state index contributed by atoms with van der Waals surface area (Å²) in [6.07, 6.45) is -0.388. The van der Waals surface area contributed by atoms with Crippen molar-refractivity contribution < 1.29 is 9.84 Å². The fourth-order valence-corrected chi connectivity index (χ4v) is 4.06. The van der Waals surface area contributed by atoms with Crippen molar-refractivity contribution in [2.75, 3.05) is 32.8 Å². The van der Waals surface area contributed by atoms with Gasteiger partial charge in [-0.1, -0.05) is 18.2 Å². The van der Waals surface area contributed by atoms with E-state index in [4.69, 9.17) is 4.74 Å². The molecule has 1 aliphatic rings. The fourth-order valence-electron chi connectivity index (χ4n) is 3.57. The van der Waals surface area contributed by atoms with Crippen LogP contribution in [0.5, 0.6) is 0 Å². The van der Waals surface area contributed by atoms with Gasteiger partial charge in [-0.2, -0.15) is 0 Å². The van der Waals surface area contributed by atoms with Gasteiger partial charge in [-0.15, -0.1) is 0 Å². The van der Waals surface area contributed by atoms with Gasteiger partial charge >= 0.3 is 0 Å². The predicted octanol–water partition coefficient (Wildman–Crippen LogP) is 3.09. The Hall–Kier alpha value is -1.15. The first-order chi connectivity index (χ1) is 11.7. The number of nitrogens with zero attached hydrogens (tertiary/aromatic N) is 2. The zero-order valence-corrected chi connectivity index (χ0v) is 15.6. The van der Waals surface area contributed by atoms with Crippen LogP contribution in [-0.4, -0.2) is 53.5 Å². The summed E-state index contributed by atoms with van der Waals surface area (Å²) in [5.41, 5.74) is 2.38. The molecule has 0 spiro atoms. The van der Waals surface area contributed by atoms with Crippen molar-refractivity contribution in [1.29, 1.82) is 0 Å². The summed E-state index contributed by atoms with van der Waals surface area (Å²) in [4.78, 5) is 2.28. The van der Waals surface area contributed by atoms with Gasteiger partial charge in [0, 0.05) is 45.0 Å². The quantitative estimate of drug-likeness (QED) is 0.639. The Morgan fingerprint density at radius 1 is 1.00 bits per heavy atom. The molecule has 0 unspecified atom stereocenters. The summed E-state index contributed by atoms with van der Waals surface area (Å²) >= 11 is 2.35. The third kappa shape index (κ3) is 3.18. The summed E-state index contributed by atoms with van der Waals surface area (Å²) in [5, 5.41) is 13.2. The fraction of sp³-hybridized carbons (Fsp3) is 0.368. The van der Waals surface area contributed by atoms with Gasteiger partial charge in [0.15, 0.2) is 0 Å². The first-order valence-electron chi connectivity index (χ1n) is 8.37. The van der Waals surface area contributed by atoms with Crippen LogP contribution in [0.1, 0.15) is 0 Å². The van der Waals surface area contributed by atoms with Crippen LogP contribution in [0, 0.1) is 3.57 Å². The number of β-amino-alcohol motifs (C(OH)–C–C–N with tert-alkyl or cyclic N) is 1. The molecule has 1 saturated heterocycles. The average Bonchev–Trinajstić information content (AvgIpc) is 2.89. The molecule has 2 heterocycles. The van der Waals surface area contributed by atoms with Crippen LogP contribution in [-0.2, 0) is 11.3 Å². The van der Waals surface area contributed by atoms with E-state index < -0.39 is 0 Å². The topological polar surface area (TPSA) is 37.6 Å². The molecule has 0 aliphatic carbocycles. The van der Waals surface area contributed by atoms with Gasteiger partial charge in [-0.05, 0) is 46.9 Å². The molecular weight excluding hydrogens is 415 g/mol. The Bertz CT molecular complexity index is 855. The van der Waals surface area contributed by atoms with E-state index in [0.717, 1.165) is 26.3 Å². The number of aliphatic hydroxyl groups excluding tert-OH is 1. The zero-order valence-electron chi connectivity index (χ0n) is 13.5. The summed E-state index contributed by atoms with van der Waals surface area (Å²) in [7, 11) is 0. The number of fused-ring (bicyclic) bond motifs is 3. The van der Waals surface area contributed by atoms with Gasteiger partial charge in [0.05, 0.1) is 25.9 Å². The maximum absolute atomic E-state index is 10.6. The second kappa shape index (κ2) is 7.00. The maximum atomic E-state index is 10.6. The Morgan fingerprint density at radius 3 is 2.58 bits per heavy atom. The van der Waals surface area contributed by atoms with Crippen molar-refractivity contribution in [3.05, 3.63) is 46.0 Å². The molecule has 126 valence electrons. The van der Waals surface area contributed by atoms with Crippen molar-refractivity contribution in [3.8, 4) is 0 Å². The number of aromatic nitrogens is 1. The van der Waals surface area contributed by atoms with Crippen LogP contribution in [0.15, 0.2) is 42.5 Å². The largest absolute Gasteiger partial charge is 0.390 e. The molecule has 1 fully saturated rings. The Morgan fingerprint density at radius 2 is 1.75 bits per heavy atom. The summed E-state index contributed by atoms with van der Waals surface area (Å²) in [6, 6.07) is 15.0. The standard InChI is InChI=1S/C19H21IN2O2/c20-14-5-6-19-17(11-14)16-3-1-2-4-18(16)22(19)13-15(23)12-21-7-9-24-10-8-21/h1-6,11,15,23H,7-10,12-13H2/t15-/m0/s1. The lowest BCUT2D eigenvalue weighted by Crippen LogP contribution is -2.42. The molecule has 2 aromatic carbocycles. The first-order valence-corrected chi connectivity index (χ1v) is 9.45. The number of morpholine rings is 1. The van der Waals surface area contributed by atoms with Gasteiger partial charge in [0.1, 0.15) is 0 Å². The van der Waals surface area contributed by atoms with Crippen molar-refractivity contribution >= 4 is 44.4 Å². The highest BCUT2D eigenvalue weighted by Gasteiger charge is 2.18. The number of benzene rings is 2. The number of hydrogen-bond acceptors (Lipinski definition) is 3. The smallest absolute Gasteiger partial charge is 0.0846 e. The molecule has 4 rings (SSSR count). The Labute approximate surface area is 155 Å². The third-order valence-corrected chi connectivity index (χ3v) is 5.37. The highest BCUT2D eigenvalue weighted by Crippen LogP contribution is 2.30. The maximum Gasteiger partial charge on any atom is 0.0846 e. The van der Waals surface area contributed by atoms with E-state index in [1.54, 1.807) is 0 Å². The molecular formula is C19H21IN2O2. The van der Waals surface area contributed by atoms with Crippen LogP contribution in [0.25, 0.3) is 21.8 Å². The molecule has 1 aromatic heterocycles. The SMILES string of the molecule is O[C@@H](CN1CCOCC1)Cn1c2ccccc2c2cc(I)ccc21. The minimum absolute atomic E-state index is 0.388. The highest BCUT2D eigenvalue weighted by atomic mass is 127. The lowest BCUT2D eigenvalue weighted by atomic mass is 10.2. The van der Waals surface area contributed by atoms with E-state index in [2.05, 4.69) is 74.5 Å². The van der Waals surface area contributed by atoms with Crippen molar-refractivity contribution in [3.63, 3.8) is 0 Å².